The first-order valence-electron chi connectivity index (χ1n) is 7.44. The Morgan fingerprint density at radius 3 is 2.57 bits per heavy atom. The van der Waals surface area contributed by atoms with Crippen LogP contribution in [0.4, 0.5) is 5.69 Å². The Morgan fingerprint density at radius 1 is 1.13 bits per heavy atom. The SMILES string of the molecule is Cc1cccn2cc(-c3ccccc3NS(=O)(=O)C(C)C)nc12. The van der Waals surface area contributed by atoms with E-state index < -0.39 is 15.3 Å². The molecule has 6 heteroatoms. The standard InChI is InChI=1S/C17H19N3O2S/c1-12(2)23(21,22)19-15-9-5-4-8-14(15)16-11-20-10-6-7-13(3)17(20)18-16/h4-12,19H,1-3H3. The molecule has 2 heterocycles. The van der Waals surface area contributed by atoms with Gasteiger partial charge in [0.05, 0.1) is 16.6 Å². The van der Waals surface area contributed by atoms with E-state index in [2.05, 4.69) is 9.71 Å². The minimum atomic E-state index is -3.40. The fourth-order valence-corrected chi connectivity index (χ4v) is 3.07. The summed E-state index contributed by atoms with van der Waals surface area (Å²) in [7, 11) is -3.40. The summed E-state index contributed by atoms with van der Waals surface area (Å²) in [5.74, 6) is 0. The first kappa shape index (κ1) is 15.6. The zero-order chi connectivity index (χ0) is 16.6. The summed E-state index contributed by atoms with van der Waals surface area (Å²) in [6, 6.07) is 11.3. The van der Waals surface area contributed by atoms with Crippen LogP contribution in [0.2, 0.25) is 0 Å². The molecular formula is C17H19N3O2S. The first-order valence-corrected chi connectivity index (χ1v) is 8.98. The van der Waals surface area contributed by atoms with Gasteiger partial charge in [0.15, 0.2) is 0 Å². The molecule has 0 atom stereocenters. The number of nitrogens with one attached hydrogen (secondary N) is 1. The van der Waals surface area contributed by atoms with Crippen molar-refractivity contribution >= 4 is 21.4 Å². The summed E-state index contributed by atoms with van der Waals surface area (Å²) in [6.45, 7) is 5.30. The molecular weight excluding hydrogens is 310 g/mol. The highest BCUT2D eigenvalue weighted by Crippen LogP contribution is 2.29. The van der Waals surface area contributed by atoms with Crippen molar-refractivity contribution in [2.75, 3.05) is 4.72 Å². The number of para-hydroxylation sites is 1. The van der Waals surface area contributed by atoms with Crippen LogP contribution >= 0.6 is 0 Å². The van der Waals surface area contributed by atoms with Gasteiger partial charge in [-0.3, -0.25) is 4.72 Å². The number of pyridine rings is 1. The molecule has 0 aliphatic rings. The number of rotatable bonds is 4. The van der Waals surface area contributed by atoms with E-state index in [1.807, 2.05) is 54.0 Å². The fraction of sp³-hybridized carbons (Fsp3) is 0.235. The Balaban J connectivity index is 2.11. The molecule has 0 saturated heterocycles. The van der Waals surface area contributed by atoms with Crippen molar-refractivity contribution in [1.29, 1.82) is 0 Å². The minimum Gasteiger partial charge on any atom is -0.306 e. The first-order chi connectivity index (χ1) is 10.9. The van der Waals surface area contributed by atoms with Crippen molar-refractivity contribution in [2.24, 2.45) is 0 Å². The molecule has 0 unspecified atom stereocenters. The van der Waals surface area contributed by atoms with E-state index in [-0.39, 0.29) is 0 Å². The van der Waals surface area contributed by atoms with Crippen LogP contribution in [0.25, 0.3) is 16.9 Å². The summed E-state index contributed by atoms with van der Waals surface area (Å²) >= 11 is 0. The number of benzene rings is 1. The molecule has 0 fully saturated rings. The van der Waals surface area contributed by atoms with Crippen molar-refractivity contribution in [3.05, 3.63) is 54.4 Å². The Morgan fingerprint density at radius 2 is 1.87 bits per heavy atom. The lowest BCUT2D eigenvalue weighted by Crippen LogP contribution is -2.22. The topological polar surface area (TPSA) is 63.5 Å². The molecule has 1 N–H and O–H groups in total. The average Bonchev–Trinajstić information content (AvgIpc) is 2.92. The second kappa shape index (κ2) is 5.70. The maximum atomic E-state index is 12.2. The lowest BCUT2D eigenvalue weighted by atomic mass is 10.1. The lowest BCUT2D eigenvalue weighted by molar-refractivity contribution is 0.593. The molecule has 120 valence electrons. The van der Waals surface area contributed by atoms with Crippen LogP contribution in [-0.4, -0.2) is 23.1 Å². The molecule has 0 amide bonds. The third-order valence-corrected chi connectivity index (χ3v) is 5.50. The Labute approximate surface area is 136 Å². The van der Waals surface area contributed by atoms with Gasteiger partial charge in [0, 0.05) is 18.0 Å². The Kier molecular flexibility index (Phi) is 3.85. The van der Waals surface area contributed by atoms with Gasteiger partial charge in [-0.05, 0) is 38.5 Å². The number of anilines is 1. The van der Waals surface area contributed by atoms with Crippen molar-refractivity contribution in [1.82, 2.24) is 9.38 Å². The molecule has 0 aliphatic heterocycles. The van der Waals surface area contributed by atoms with E-state index in [0.717, 1.165) is 22.5 Å². The van der Waals surface area contributed by atoms with Crippen molar-refractivity contribution in [3.8, 4) is 11.3 Å². The number of hydrogen-bond acceptors (Lipinski definition) is 3. The lowest BCUT2D eigenvalue weighted by Gasteiger charge is -2.13. The number of nitrogens with zero attached hydrogens (tertiary/aromatic N) is 2. The summed E-state index contributed by atoms with van der Waals surface area (Å²) in [4.78, 5) is 4.65. The zero-order valence-electron chi connectivity index (χ0n) is 13.3. The average molecular weight is 329 g/mol. The fourth-order valence-electron chi connectivity index (χ4n) is 2.35. The Hall–Kier alpha value is -2.34. The molecule has 0 radical (unpaired) electrons. The third-order valence-electron chi connectivity index (χ3n) is 3.75. The summed E-state index contributed by atoms with van der Waals surface area (Å²) < 4.78 is 29.0. The van der Waals surface area contributed by atoms with Gasteiger partial charge < -0.3 is 4.40 Å². The second-order valence-electron chi connectivity index (χ2n) is 5.79. The quantitative estimate of drug-likeness (QED) is 0.797. The van der Waals surface area contributed by atoms with E-state index in [1.165, 1.54) is 0 Å². The van der Waals surface area contributed by atoms with Crippen LogP contribution in [0.1, 0.15) is 19.4 Å². The molecule has 0 saturated carbocycles. The van der Waals surface area contributed by atoms with Gasteiger partial charge in [-0.2, -0.15) is 0 Å². The van der Waals surface area contributed by atoms with Crippen LogP contribution in [0.15, 0.2) is 48.8 Å². The van der Waals surface area contributed by atoms with E-state index >= 15 is 0 Å². The van der Waals surface area contributed by atoms with Crippen LogP contribution in [0.3, 0.4) is 0 Å². The van der Waals surface area contributed by atoms with E-state index in [0.29, 0.717) is 5.69 Å². The monoisotopic (exact) mass is 329 g/mol. The van der Waals surface area contributed by atoms with Gasteiger partial charge in [0.2, 0.25) is 10.0 Å². The highest BCUT2D eigenvalue weighted by Gasteiger charge is 2.18. The van der Waals surface area contributed by atoms with Gasteiger partial charge in [-0.25, -0.2) is 13.4 Å². The largest absolute Gasteiger partial charge is 0.306 e. The van der Waals surface area contributed by atoms with Crippen LogP contribution in [-0.2, 0) is 10.0 Å². The number of sulfonamides is 1. The van der Waals surface area contributed by atoms with Crippen molar-refractivity contribution < 1.29 is 8.42 Å². The molecule has 23 heavy (non-hydrogen) atoms. The zero-order valence-corrected chi connectivity index (χ0v) is 14.1. The van der Waals surface area contributed by atoms with Gasteiger partial charge in [0.1, 0.15) is 5.65 Å². The Bertz CT molecular complexity index is 959. The highest BCUT2D eigenvalue weighted by molar-refractivity contribution is 7.93. The predicted octanol–water partition coefficient (Wildman–Crippen LogP) is 3.46. The van der Waals surface area contributed by atoms with E-state index in [9.17, 15) is 8.42 Å². The van der Waals surface area contributed by atoms with E-state index in [4.69, 9.17) is 0 Å². The number of aromatic nitrogens is 2. The molecule has 1 aromatic carbocycles. The molecule has 0 aliphatic carbocycles. The van der Waals surface area contributed by atoms with E-state index in [1.54, 1.807) is 19.9 Å². The molecule has 2 aromatic heterocycles. The van der Waals surface area contributed by atoms with Crippen LogP contribution in [0.5, 0.6) is 0 Å². The summed E-state index contributed by atoms with van der Waals surface area (Å²) in [6.07, 6.45) is 3.84. The number of hydrogen-bond donors (Lipinski definition) is 1. The maximum Gasteiger partial charge on any atom is 0.235 e. The predicted molar refractivity (Wildman–Crippen MR) is 93.0 cm³/mol. The molecule has 0 bridgehead atoms. The smallest absolute Gasteiger partial charge is 0.235 e. The summed E-state index contributed by atoms with van der Waals surface area (Å²) in [5.41, 5.74) is 3.98. The van der Waals surface area contributed by atoms with Gasteiger partial charge in [-0.1, -0.05) is 24.3 Å². The molecule has 5 nitrogen and oxygen atoms in total. The highest BCUT2D eigenvalue weighted by atomic mass is 32.2. The normalized spacial score (nSPS) is 12.0. The third kappa shape index (κ3) is 2.94. The number of fused-ring (bicyclic) bond motifs is 1. The van der Waals surface area contributed by atoms with Crippen molar-refractivity contribution in [3.63, 3.8) is 0 Å². The molecule has 3 aromatic rings. The maximum absolute atomic E-state index is 12.2. The molecule has 0 spiro atoms. The van der Waals surface area contributed by atoms with Crippen LogP contribution < -0.4 is 4.72 Å². The minimum absolute atomic E-state index is 0.501. The van der Waals surface area contributed by atoms with Gasteiger partial charge in [0.25, 0.3) is 0 Å². The van der Waals surface area contributed by atoms with Gasteiger partial charge >= 0.3 is 0 Å². The number of imidazole rings is 1. The van der Waals surface area contributed by atoms with Crippen LogP contribution in [0, 0.1) is 6.92 Å². The second-order valence-corrected chi connectivity index (χ2v) is 8.03. The molecule has 3 rings (SSSR count). The van der Waals surface area contributed by atoms with Crippen molar-refractivity contribution in [2.45, 2.75) is 26.0 Å². The number of aryl methyl sites for hydroxylation is 1. The van der Waals surface area contributed by atoms with Gasteiger partial charge in [-0.15, -0.1) is 0 Å². The summed E-state index contributed by atoms with van der Waals surface area (Å²) in [5, 5.41) is -0.501.